The van der Waals surface area contributed by atoms with E-state index in [0.717, 1.165) is 27.7 Å². The molecule has 1 aliphatic rings. The van der Waals surface area contributed by atoms with Crippen molar-refractivity contribution in [2.24, 2.45) is 7.05 Å². The van der Waals surface area contributed by atoms with Crippen LogP contribution in [-0.4, -0.2) is 30.7 Å². The van der Waals surface area contributed by atoms with E-state index in [1.165, 1.54) is 17.0 Å². The molecular formula is C30H25N5O3. The molecule has 2 aromatic carbocycles. The van der Waals surface area contributed by atoms with E-state index in [0.29, 0.717) is 42.0 Å². The molecule has 0 bridgehead atoms. The highest BCUT2D eigenvalue weighted by molar-refractivity contribution is 6.03. The van der Waals surface area contributed by atoms with Gasteiger partial charge in [-0.15, -0.1) is 0 Å². The van der Waals surface area contributed by atoms with E-state index in [4.69, 9.17) is 5.73 Å². The molecule has 6 rings (SSSR count). The molecule has 8 nitrogen and oxygen atoms in total. The number of anilines is 1. The van der Waals surface area contributed by atoms with Gasteiger partial charge in [-0.05, 0) is 42.2 Å². The highest BCUT2D eigenvalue weighted by Crippen LogP contribution is 2.32. The van der Waals surface area contributed by atoms with Crippen LogP contribution in [0, 0.1) is 0 Å². The first-order valence-corrected chi connectivity index (χ1v) is 12.5. The second-order valence-corrected chi connectivity index (χ2v) is 9.58. The van der Waals surface area contributed by atoms with Gasteiger partial charge >= 0.3 is 0 Å². The Bertz CT molecular complexity index is 1780. The summed E-state index contributed by atoms with van der Waals surface area (Å²) in [6, 6.07) is 18.3. The lowest BCUT2D eigenvalue weighted by molar-refractivity contribution is 0.0971. The number of aryl methyl sites for hydroxylation is 1. The normalized spacial score (nSPS) is 13.0. The van der Waals surface area contributed by atoms with Crippen LogP contribution >= 0.6 is 0 Å². The van der Waals surface area contributed by atoms with Crippen molar-refractivity contribution in [3.8, 4) is 16.8 Å². The average molecular weight is 504 g/mol. The summed E-state index contributed by atoms with van der Waals surface area (Å²) in [4.78, 5) is 48.2. The summed E-state index contributed by atoms with van der Waals surface area (Å²) < 4.78 is 3.44. The summed E-state index contributed by atoms with van der Waals surface area (Å²) in [6.45, 7) is 0. The molecule has 0 amide bonds. The number of hydrogen-bond donors (Lipinski definition) is 1. The van der Waals surface area contributed by atoms with Crippen LogP contribution in [0.5, 0.6) is 0 Å². The van der Waals surface area contributed by atoms with Crippen molar-refractivity contribution < 1.29 is 9.59 Å². The summed E-state index contributed by atoms with van der Waals surface area (Å²) in [5.41, 5.74) is 10.9. The molecule has 0 fully saturated rings. The number of benzene rings is 2. The SMILES string of the molecule is Cn1cc(-c2ccc(CC(=O)c3cc4c(n(-c5ccccc5)c3=O)CCCC4=O)cc2)c2c(N)ncnc21. The quantitative estimate of drug-likeness (QED) is 0.358. The summed E-state index contributed by atoms with van der Waals surface area (Å²) in [6.07, 6.45) is 5.15. The molecule has 0 unspecified atom stereocenters. The Balaban J connectivity index is 1.35. The zero-order chi connectivity index (χ0) is 26.4. The van der Waals surface area contributed by atoms with E-state index < -0.39 is 5.56 Å². The van der Waals surface area contributed by atoms with E-state index in [1.807, 2.05) is 72.4 Å². The number of para-hydroxylation sites is 1. The molecular weight excluding hydrogens is 478 g/mol. The molecule has 3 heterocycles. The Morgan fingerprint density at radius 1 is 0.974 bits per heavy atom. The monoisotopic (exact) mass is 503 g/mol. The Kier molecular flexibility index (Phi) is 5.72. The second kappa shape index (κ2) is 9.23. The van der Waals surface area contributed by atoms with Crippen molar-refractivity contribution >= 4 is 28.4 Å². The Hall–Kier alpha value is -4.85. The zero-order valence-electron chi connectivity index (χ0n) is 20.8. The first-order valence-electron chi connectivity index (χ1n) is 12.5. The van der Waals surface area contributed by atoms with Crippen LogP contribution in [-0.2, 0) is 19.9 Å². The van der Waals surface area contributed by atoms with Gasteiger partial charge in [0.25, 0.3) is 5.56 Å². The Labute approximate surface area is 218 Å². The van der Waals surface area contributed by atoms with Crippen LogP contribution in [0.3, 0.4) is 0 Å². The van der Waals surface area contributed by atoms with Gasteiger partial charge in [-0.1, -0.05) is 42.5 Å². The standard InChI is InChI=1S/C30H25N5O3/c1-34-16-23(27-28(31)32-17-33-29(27)34)19-12-10-18(11-13-19)14-26(37)22-15-21-24(8-5-9-25(21)36)35(30(22)38)20-6-3-2-4-7-20/h2-4,6-7,10-13,15-17H,5,8-9,14H2,1H3,(H2,31,32,33). The third kappa shape index (κ3) is 3.91. The maximum atomic E-state index is 13.6. The molecule has 5 aromatic rings. The van der Waals surface area contributed by atoms with Crippen LogP contribution < -0.4 is 11.3 Å². The van der Waals surface area contributed by atoms with Crippen LogP contribution in [0.15, 0.2) is 78.0 Å². The molecule has 0 aliphatic heterocycles. The third-order valence-corrected chi connectivity index (χ3v) is 7.15. The molecule has 1 aliphatic carbocycles. The lowest BCUT2D eigenvalue weighted by Crippen LogP contribution is -2.32. The summed E-state index contributed by atoms with van der Waals surface area (Å²) >= 11 is 0. The number of pyridine rings is 1. The average Bonchev–Trinajstić information content (AvgIpc) is 3.27. The number of Topliss-reactive ketones (excluding diaryl/α,β-unsaturated/α-hetero) is 2. The van der Waals surface area contributed by atoms with E-state index in [-0.39, 0.29) is 23.6 Å². The Morgan fingerprint density at radius 3 is 2.50 bits per heavy atom. The van der Waals surface area contributed by atoms with E-state index in [1.54, 1.807) is 0 Å². The van der Waals surface area contributed by atoms with Crippen molar-refractivity contribution in [1.29, 1.82) is 0 Å². The number of nitrogens with zero attached hydrogens (tertiary/aromatic N) is 4. The van der Waals surface area contributed by atoms with Crippen LogP contribution in [0.1, 0.15) is 44.8 Å². The first kappa shape index (κ1) is 23.5. The number of carbonyl (C=O) groups is 2. The molecule has 0 atom stereocenters. The number of hydrogen-bond acceptors (Lipinski definition) is 6. The number of carbonyl (C=O) groups excluding carboxylic acids is 2. The maximum absolute atomic E-state index is 13.6. The molecule has 0 saturated heterocycles. The van der Waals surface area contributed by atoms with E-state index in [2.05, 4.69) is 9.97 Å². The van der Waals surface area contributed by atoms with Crippen molar-refractivity contribution in [2.75, 3.05) is 5.73 Å². The molecule has 38 heavy (non-hydrogen) atoms. The topological polar surface area (TPSA) is 113 Å². The largest absolute Gasteiger partial charge is 0.383 e. The van der Waals surface area contributed by atoms with Crippen molar-refractivity contribution in [2.45, 2.75) is 25.7 Å². The van der Waals surface area contributed by atoms with Crippen LogP contribution in [0.2, 0.25) is 0 Å². The van der Waals surface area contributed by atoms with Gasteiger partial charge in [0.1, 0.15) is 17.8 Å². The van der Waals surface area contributed by atoms with E-state index in [9.17, 15) is 14.4 Å². The van der Waals surface area contributed by atoms with Gasteiger partial charge in [0.15, 0.2) is 11.6 Å². The Morgan fingerprint density at radius 2 is 1.74 bits per heavy atom. The summed E-state index contributed by atoms with van der Waals surface area (Å²) in [5, 5.41) is 0.777. The van der Waals surface area contributed by atoms with E-state index >= 15 is 0 Å². The molecule has 2 N–H and O–H groups in total. The van der Waals surface area contributed by atoms with Crippen molar-refractivity contribution in [3.63, 3.8) is 0 Å². The number of rotatable bonds is 5. The zero-order valence-corrected chi connectivity index (χ0v) is 20.8. The molecule has 8 heteroatoms. The minimum atomic E-state index is -0.391. The molecule has 0 saturated carbocycles. The van der Waals surface area contributed by atoms with Gasteiger partial charge < -0.3 is 10.3 Å². The van der Waals surface area contributed by atoms with Gasteiger partial charge in [0, 0.05) is 48.6 Å². The fourth-order valence-electron chi connectivity index (χ4n) is 5.28. The fraction of sp³-hybridized carbons (Fsp3) is 0.167. The minimum absolute atomic E-state index is 0.0332. The van der Waals surface area contributed by atoms with Gasteiger partial charge in [0.2, 0.25) is 0 Å². The lowest BCUT2D eigenvalue weighted by atomic mass is 9.91. The van der Waals surface area contributed by atoms with Crippen molar-refractivity contribution in [1.82, 2.24) is 19.1 Å². The molecule has 3 aromatic heterocycles. The second-order valence-electron chi connectivity index (χ2n) is 9.58. The van der Waals surface area contributed by atoms with Crippen LogP contribution in [0.25, 0.3) is 27.8 Å². The predicted molar refractivity (Wildman–Crippen MR) is 146 cm³/mol. The fourth-order valence-corrected chi connectivity index (χ4v) is 5.28. The van der Waals surface area contributed by atoms with Crippen molar-refractivity contribution in [3.05, 3.63) is 106 Å². The highest BCUT2D eigenvalue weighted by atomic mass is 16.1. The number of ketones is 2. The summed E-state index contributed by atoms with van der Waals surface area (Å²) in [5.74, 6) is 0.0468. The van der Waals surface area contributed by atoms with Crippen LogP contribution in [0.4, 0.5) is 5.82 Å². The van der Waals surface area contributed by atoms with Gasteiger partial charge in [0.05, 0.1) is 10.9 Å². The molecule has 0 radical (unpaired) electrons. The minimum Gasteiger partial charge on any atom is -0.383 e. The number of fused-ring (bicyclic) bond motifs is 2. The number of nitrogens with two attached hydrogens (primary N) is 1. The first-order chi connectivity index (χ1) is 18.4. The predicted octanol–water partition coefficient (Wildman–Crippen LogP) is 4.31. The third-order valence-electron chi connectivity index (χ3n) is 7.15. The highest BCUT2D eigenvalue weighted by Gasteiger charge is 2.26. The summed E-state index contributed by atoms with van der Waals surface area (Å²) in [7, 11) is 1.90. The van der Waals surface area contributed by atoms with Gasteiger partial charge in [-0.2, -0.15) is 0 Å². The van der Waals surface area contributed by atoms with Gasteiger partial charge in [-0.3, -0.25) is 19.0 Å². The maximum Gasteiger partial charge on any atom is 0.266 e. The molecule has 188 valence electrons. The number of aromatic nitrogens is 4. The smallest absolute Gasteiger partial charge is 0.266 e. The number of nitrogen functional groups attached to an aromatic ring is 1. The molecule has 0 spiro atoms. The van der Waals surface area contributed by atoms with Gasteiger partial charge in [-0.25, -0.2) is 9.97 Å². The lowest BCUT2D eigenvalue weighted by Gasteiger charge is -2.21.